The number of hydrogen-bond acceptors (Lipinski definition) is 4. The second-order valence-corrected chi connectivity index (χ2v) is 6.81. The average Bonchev–Trinajstić information content (AvgIpc) is 2.69. The van der Waals surface area contributed by atoms with Crippen LogP contribution >= 0.6 is 24.0 Å². The predicted molar refractivity (Wildman–Crippen MR) is 87.7 cm³/mol. The number of carboxylic acids is 1. The van der Waals surface area contributed by atoms with E-state index in [-0.39, 0.29) is 16.1 Å². The summed E-state index contributed by atoms with van der Waals surface area (Å²) >= 11 is 6.21. The highest BCUT2D eigenvalue weighted by atomic mass is 32.2. The Morgan fingerprint density at radius 2 is 1.95 bits per heavy atom. The van der Waals surface area contributed by atoms with Crippen molar-refractivity contribution in [2.24, 2.45) is 5.92 Å². The Labute approximate surface area is 137 Å². The summed E-state index contributed by atoms with van der Waals surface area (Å²) in [6, 6.07) is 4.67. The van der Waals surface area contributed by atoms with Crippen LogP contribution in [-0.2, 0) is 9.59 Å². The van der Waals surface area contributed by atoms with Gasteiger partial charge in [-0.15, -0.1) is 0 Å². The van der Waals surface area contributed by atoms with Crippen LogP contribution in [0.5, 0.6) is 0 Å². The summed E-state index contributed by atoms with van der Waals surface area (Å²) in [4.78, 5) is 25.3. The molecule has 0 spiro atoms. The summed E-state index contributed by atoms with van der Waals surface area (Å²) < 4.78 is 13.1. The first-order valence-electron chi connectivity index (χ1n) is 6.56. The van der Waals surface area contributed by atoms with Crippen LogP contribution in [0, 0.1) is 11.7 Å². The number of aliphatic carboxylic acids is 1. The van der Waals surface area contributed by atoms with Crippen LogP contribution in [0.3, 0.4) is 0 Å². The largest absolute Gasteiger partial charge is 0.480 e. The molecule has 7 heteroatoms. The molecule has 2 rings (SSSR count). The molecule has 0 unspecified atom stereocenters. The van der Waals surface area contributed by atoms with Gasteiger partial charge in [-0.25, -0.2) is 9.18 Å². The standard InChI is InChI=1S/C15H14FNO3S2/c1-8(2)12(14(19)20)17-13(18)11(22-15(17)21)7-9-3-5-10(16)6-4-9/h3-8,12H,1-2H3,(H,19,20)/b11-7-/t12-/m0/s1. The molecule has 1 aromatic rings. The van der Waals surface area contributed by atoms with E-state index in [9.17, 15) is 19.1 Å². The monoisotopic (exact) mass is 339 g/mol. The zero-order chi connectivity index (χ0) is 16.4. The Hall–Kier alpha value is -1.73. The van der Waals surface area contributed by atoms with Gasteiger partial charge in [-0.05, 0) is 29.7 Å². The van der Waals surface area contributed by atoms with Crippen molar-refractivity contribution in [3.05, 3.63) is 40.6 Å². The zero-order valence-corrected chi connectivity index (χ0v) is 13.6. The summed E-state index contributed by atoms with van der Waals surface area (Å²) in [5.74, 6) is -2.16. The quantitative estimate of drug-likeness (QED) is 0.675. The minimum absolute atomic E-state index is 0.222. The summed E-state index contributed by atoms with van der Waals surface area (Å²) in [5.41, 5.74) is 0.651. The summed E-state index contributed by atoms with van der Waals surface area (Å²) in [7, 11) is 0. The minimum Gasteiger partial charge on any atom is -0.480 e. The van der Waals surface area contributed by atoms with Crippen LogP contribution < -0.4 is 0 Å². The molecule has 0 radical (unpaired) electrons. The van der Waals surface area contributed by atoms with Crippen LogP contribution in [0.2, 0.25) is 0 Å². The third-order valence-electron chi connectivity index (χ3n) is 3.15. The number of halogens is 1. The maximum Gasteiger partial charge on any atom is 0.327 e. The SMILES string of the molecule is CC(C)[C@@H](C(=O)O)N1C(=O)/C(=C/c2ccc(F)cc2)SC1=S. The van der Waals surface area contributed by atoms with Gasteiger partial charge in [0.1, 0.15) is 16.2 Å². The van der Waals surface area contributed by atoms with Crippen molar-refractivity contribution in [1.29, 1.82) is 0 Å². The Kier molecular flexibility index (Phi) is 4.97. The Bertz CT molecular complexity index is 655. The van der Waals surface area contributed by atoms with Crippen molar-refractivity contribution in [3.8, 4) is 0 Å². The Morgan fingerprint density at radius 1 is 1.36 bits per heavy atom. The van der Waals surface area contributed by atoms with Crippen molar-refractivity contribution in [2.75, 3.05) is 0 Å². The van der Waals surface area contributed by atoms with Crippen LogP contribution in [0.1, 0.15) is 19.4 Å². The van der Waals surface area contributed by atoms with E-state index in [0.29, 0.717) is 10.5 Å². The summed E-state index contributed by atoms with van der Waals surface area (Å²) in [6.45, 7) is 3.45. The van der Waals surface area contributed by atoms with Crippen molar-refractivity contribution in [1.82, 2.24) is 4.90 Å². The fourth-order valence-electron chi connectivity index (χ4n) is 2.12. The first-order valence-corrected chi connectivity index (χ1v) is 7.79. The maximum absolute atomic E-state index is 12.9. The van der Waals surface area contributed by atoms with Gasteiger partial charge in [0.2, 0.25) is 0 Å². The smallest absolute Gasteiger partial charge is 0.327 e. The molecule has 1 aliphatic rings. The number of carbonyl (C=O) groups excluding carboxylic acids is 1. The van der Waals surface area contributed by atoms with E-state index in [2.05, 4.69) is 0 Å². The lowest BCUT2D eigenvalue weighted by molar-refractivity contribution is -0.146. The molecule has 4 nitrogen and oxygen atoms in total. The molecule has 0 saturated carbocycles. The van der Waals surface area contributed by atoms with Crippen molar-refractivity contribution < 1.29 is 19.1 Å². The number of thiocarbonyl (C=S) groups is 1. The van der Waals surface area contributed by atoms with E-state index >= 15 is 0 Å². The van der Waals surface area contributed by atoms with Crippen molar-refractivity contribution in [3.63, 3.8) is 0 Å². The molecule has 1 N–H and O–H groups in total. The number of rotatable bonds is 4. The number of amides is 1. The molecule has 116 valence electrons. The number of carbonyl (C=O) groups is 2. The Morgan fingerprint density at radius 3 is 2.45 bits per heavy atom. The zero-order valence-electron chi connectivity index (χ0n) is 11.9. The van der Waals surface area contributed by atoms with Gasteiger partial charge < -0.3 is 5.11 Å². The third-order valence-corrected chi connectivity index (χ3v) is 4.48. The molecule has 1 atom stereocenters. The number of nitrogens with zero attached hydrogens (tertiary/aromatic N) is 1. The van der Waals surface area contributed by atoms with E-state index in [1.807, 2.05) is 0 Å². The topological polar surface area (TPSA) is 57.6 Å². The van der Waals surface area contributed by atoms with Crippen molar-refractivity contribution >= 4 is 46.3 Å². The molecular weight excluding hydrogens is 325 g/mol. The molecular formula is C15H14FNO3S2. The molecule has 1 amide bonds. The highest BCUT2D eigenvalue weighted by Crippen LogP contribution is 2.35. The van der Waals surface area contributed by atoms with E-state index in [1.54, 1.807) is 32.1 Å². The van der Waals surface area contributed by atoms with Gasteiger partial charge in [-0.2, -0.15) is 0 Å². The third kappa shape index (κ3) is 3.36. The molecule has 0 bridgehead atoms. The number of carboxylic acid groups (broad SMARTS) is 1. The average molecular weight is 339 g/mol. The molecule has 22 heavy (non-hydrogen) atoms. The van der Waals surface area contributed by atoms with Crippen molar-refractivity contribution in [2.45, 2.75) is 19.9 Å². The molecule has 1 aliphatic heterocycles. The van der Waals surface area contributed by atoms with E-state index < -0.39 is 17.9 Å². The van der Waals surface area contributed by atoms with Gasteiger partial charge in [0.15, 0.2) is 0 Å². The highest BCUT2D eigenvalue weighted by molar-refractivity contribution is 8.26. The lowest BCUT2D eigenvalue weighted by Crippen LogP contribution is -2.47. The lowest BCUT2D eigenvalue weighted by Gasteiger charge is -2.26. The molecule has 1 aromatic carbocycles. The first-order chi connectivity index (χ1) is 10.3. The van der Waals surface area contributed by atoms with Gasteiger partial charge in [-0.1, -0.05) is 50.0 Å². The fourth-order valence-corrected chi connectivity index (χ4v) is 3.45. The van der Waals surface area contributed by atoms with E-state index in [4.69, 9.17) is 12.2 Å². The second kappa shape index (κ2) is 6.58. The van der Waals surface area contributed by atoms with Crippen LogP contribution in [0.25, 0.3) is 6.08 Å². The van der Waals surface area contributed by atoms with Gasteiger partial charge >= 0.3 is 5.97 Å². The molecule has 0 aliphatic carbocycles. The normalized spacial score (nSPS) is 18.4. The van der Waals surface area contributed by atoms with Gasteiger partial charge in [0, 0.05) is 0 Å². The number of hydrogen-bond donors (Lipinski definition) is 1. The van der Waals surface area contributed by atoms with Gasteiger partial charge in [0.05, 0.1) is 4.91 Å². The lowest BCUT2D eigenvalue weighted by atomic mass is 10.0. The molecule has 0 aromatic heterocycles. The van der Waals surface area contributed by atoms with Crippen LogP contribution in [-0.4, -0.2) is 32.2 Å². The fraction of sp³-hybridized carbons (Fsp3) is 0.267. The highest BCUT2D eigenvalue weighted by Gasteiger charge is 2.41. The Balaban J connectivity index is 2.32. The summed E-state index contributed by atoms with van der Waals surface area (Å²) in [5, 5.41) is 9.32. The van der Waals surface area contributed by atoms with Gasteiger partial charge in [-0.3, -0.25) is 9.69 Å². The first kappa shape index (κ1) is 16.6. The number of benzene rings is 1. The number of thioether (sulfide) groups is 1. The summed E-state index contributed by atoms with van der Waals surface area (Å²) in [6.07, 6.45) is 1.58. The molecule has 1 saturated heterocycles. The van der Waals surface area contributed by atoms with E-state index in [0.717, 1.165) is 16.7 Å². The predicted octanol–water partition coefficient (Wildman–Crippen LogP) is 3.14. The minimum atomic E-state index is -1.09. The van der Waals surface area contributed by atoms with Gasteiger partial charge in [0.25, 0.3) is 5.91 Å². The van der Waals surface area contributed by atoms with Crippen LogP contribution in [0.4, 0.5) is 4.39 Å². The second-order valence-electron chi connectivity index (χ2n) is 5.13. The van der Waals surface area contributed by atoms with E-state index in [1.165, 1.54) is 12.1 Å². The molecule has 1 heterocycles. The van der Waals surface area contributed by atoms with Crippen LogP contribution in [0.15, 0.2) is 29.2 Å². The molecule has 1 fully saturated rings. The maximum atomic E-state index is 12.9.